The fourth-order valence-electron chi connectivity index (χ4n) is 3.68. The summed E-state index contributed by atoms with van der Waals surface area (Å²) in [6.45, 7) is 7.35. The number of hydrogen-bond donors (Lipinski definition) is 2. The third-order valence-electron chi connectivity index (χ3n) is 5.44. The molecule has 1 fully saturated rings. The molecule has 0 aromatic heterocycles. The summed E-state index contributed by atoms with van der Waals surface area (Å²) < 4.78 is 0. The van der Waals surface area contributed by atoms with Crippen LogP contribution in [0.25, 0.3) is 0 Å². The lowest BCUT2D eigenvalue weighted by atomic mass is 10.0. The van der Waals surface area contributed by atoms with Crippen molar-refractivity contribution >= 4 is 17.4 Å². The highest BCUT2D eigenvalue weighted by molar-refractivity contribution is 6.01. The van der Waals surface area contributed by atoms with E-state index in [9.17, 15) is 4.79 Å². The average Bonchev–Trinajstić information content (AvgIpc) is 2.74. The van der Waals surface area contributed by atoms with Gasteiger partial charge in [0.15, 0.2) is 0 Å². The van der Waals surface area contributed by atoms with Gasteiger partial charge in [0.2, 0.25) is 0 Å². The lowest BCUT2D eigenvalue weighted by Crippen LogP contribution is -2.47. The Kier molecular flexibility index (Phi) is 7.25. The molecular weight excluding hydrogens is 366 g/mol. The molecule has 6 nitrogen and oxygen atoms in total. The maximum Gasteiger partial charge on any atom is 0.303 e. The van der Waals surface area contributed by atoms with E-state index < -0.39 is 5.97 Å². The second-order valence-electron chi connectivity index (χ2n) is 7.56. The van der Waals surface area contributed by atoms with E-state index in [-0.39, 0.29) is 12.8 Å². The van der Waals surface area contributed by atoms with E-state index in [0.29, 0.717) is 5.71 Å². The molecule has 29 heavy (non-hydrogen) atoms. The number of piperazine rings is 1. The van der Waals surface area contributed by atoms with Gasteiger partial charge in [0.05, 0.1) is 12.1 Å². The molecular formula is C23H29N3O3. The smallest absolute Gasteiger partial charge is 0.303 e. The number of carboxylic acids is 1. The summed E-state index contributed by atoms with van der Waals surface area (Å²) in [5.74, 6) is -0.898. The number of hydrogen-bond acceptors (Lipinski definition) is 5. The summed E-state index contributed by atoms with van der Waals surface area (Å²) in [5, 5.41) is 21.2. The molecule has 1 aliphatic rings. The first kappa shape index (κ1) is 20.9. The molecule has 2 aromatic carbocycles. The van der Waals surface area contributed by atoms with Gasteiger partial charge >= 0.3 is 5.97 Å². The van der Waals surface area contributed by atoms with Crippen LogP contribution in [0.15, 0.2) is 53.7 Å². The zero-order valence-corrected chi connectivity index (χ0v) is 16.9. The minimum atomic E-state index is -0.898. The fraction of sp³-hybridized carbons (Fsp3) is 0.391. The Labute approximate surface area is 172 Å². The van der Waals surface area contributed by atoms with Crippen molar-refractivity contribution in [3.05, 3.63) is 65.2 Å². The molecule has 0 saturated carbocycles. The fourth-order valence-corrected chi connectivity index (χ4v) is 3.68. The Morgan fingerprint density at radius 3 is 2.38 bits per heavy atom. The molecule has 0 spiro atoms. The Balaban J connectivity index is 1.46. The van der Waals surface area contributed by atoms with Crippen molar-refractivity contribution in [2.24, 2.45) is 5.16 Å². The topological polar surface area (TPSA) is 76.4 Å². The first-order valence-corrected chi connectivity index (χ1v) is 10.1. The van der Waals surface area contributed by atoms with Gasteiger partial charge in [-0.2, -0.15) is 0 Å². The standard InChI is InChI=1S/C23H29N3O3/c1-18-3-2-4-21(17-18)26-15-13-25(14-16-26)12-11-19-5-7-20(8-6-19)22(24-29)9-10-23(27)28/h2-8,17,29H,9-16H2,1H3,(H,27,28). The number of aryl methyl sites for hydroxylation is 1. The van der Waals surface area contributed by atoms with Crippen molar-refractivity contribution in [3.8, 4) is 0 Å². The summed E-state index contributed by atoms with van der Waals surface area (Å²) >= 11 is 0. The molecule has 0 atom stereocenters. The molecule has 6 heteroatoms. The Hall–Kier alpha value is -2.86. The van der Waals surface area contributed by atoms with E-state index in [1.54, 1.807) is 0 Å². The molecule has 0 radical (unpaired) electrons. The molecule has 1 heterocycles. The first-order chi connectivity index (χ1) is 14.0. The maximum absolute atomic E-state index is 10.7. The average molecular weight is 396 g/mol. The number of benzene rings is 2. The van der Waals surface area contributed by atoms with Crippen LogP contribution in [-0.2, 0) is 11.2 Å². The second-order valence-corrected chi connectivity index (χ2v) is 7.56. The van der Waals surface area contributed by atoms with Crippen molar-refractivity contribution in [2.75, 3.05) is 37.6 Å². The maximum atomic E-state index is 10.7. The molecule has 0 unspecified atom stereocenters. The number of nitrogens with zero attached hydrogens (tertiary/aromatic N) is 3. The van der Waals surface area contributed by atoms with E-state index in [4.69, 9.17) is 10.3 Å². The summed E-state index contributed by atoms with van der Waals surface area (Å²) in [7, 11) is 0. The summed E-state index contributed by atoms with van der Waals surface area (Å²) in [6.07, 6.45) is 1.14. The molecule has 0 amide bonds. The van der Waals surface area contributed by atoms with Crippen LogP contribution < -0.4 is 4.90 Å². The van der Waals surface area contributed by atoms with Crippen molar-refractivity contribution in [1.82, 2.24) is 4.90 Å². The lowest BCUT2D eigenvalue weighted by Gasteiger charge is -2.36. The van der Waals surface area contributed by atoms with Crippen LogP contribution in [0.3, 0.4) is 0 Å². The normalized spacial score (nSPS) is 15.5. The number of aliphatic carboxylic acids is 1. The number of carbonyl (C=O) groups is 1. The zero-order chi connectivity index (χ0) is 20.6. The van der Waals surface area contributed by atoms with Crippen LogP contribution in [0.1, 0.15) is 29.5 Å². The van der Waals surface area contributed by atoms with Crippen molar-refractivity contribution in [2.45, 2.75) is 26.2 Å². The molecule has 1 aliphatic heterocycles. The first-order valence-electron chi connectivity index (χ1n) is 10.1. The lowest BCUT2D eigenvalue weighted by molar-refractivity contribution is -0.136. The number of anilines is 1. The molecule has 0 aliphatic carbocycles. The number of oxime groups is 1. The van der Waals surface area contributed by atoms with Crippen LogP contribution in [-0.4, -0.2) is 59.6 Å². The van der Waals surface area contributed by atoms with Gasteiger partial charge in [0.25, 0.3) is 0 Å². The molecule has 154 valence electrons. The van der Waals surface area contributed by atoms with Crippen LogP contribution >= 0.6 is 0 Å². The highest BCUT2D eigenvalue weighted by atomic mass is 16.4. The predicted octanol–water partition coefficient (Wildman–Crippen LogP) is 3.40. The minimum absolute atomic E-state index is 0.0460. The van der Waals surface area contributed by atoms with Gasteiger partial charge in [-0.3, -0.25) is 9.69 Å². The predicted molar refractivity (Wildman–Crippen MR) is 115 cm³/mol. The third kappa shape index (κ3) is 6.06. The van der Waals surface area contributed by atoms with Gasteiger partial charge in [-0.05, 0) is 42.2 Å². The molecule has 0 bridgehead atoms. The van der Waals surface area contributed by atoms with Crippen LogP contribution in [0, 0.1) is 6.92 Å². The Morgan fingerprint density at radius 2 is 1.76 bits per heavy atom. The van der Waals surface area contributed by atoms with Gasteiger partial charge in [0, 0.05) is 44.8 Å². The van der Waals surface area contributed by atoms with Gasteiger partial charge < -0.3 is 15.2 Å². The van der Waals surface area contributed by atoms with E-state index in [1.165, 1.54) is 16.8 Å². The summed E-state index contributed by atoms with van der Waals surface area (Å²) in [6, 6.07) is 16.6. The van der Waals surface area contributed by atoms with Gasteiger partial charge in [0.1, 0.15) is 0 Å². The van der Waals surface area contributed by atoms with Crippen LogP contribution in [0.2, 0.25) is 0 Å². The van der Waals surface area contributed by atoms with Gasteiger partial charge in [-0.15, -0.1) is 0 Å². The van der Waals surface area contributed by atoms with Gasteiger partial charge in [-0.25, -0.2) is 0 Å². The van der Waals surface area contributed by atoms with E-state index >= 15 is 0 Å². The minimum Gasteiger partial charge on any atom is -0.481 e. The van der Waals surface area contributed by atoms with Crippen LogP contribution in [0.4, 0.5) is 5.69 Å². The highest BCUT2D eigenvalue weighted by Gasteiger charge is 2.17. The SMILES string of the molecule is Cc1cccc(N2CCN(CCc3ccc(C(CCC(=O)O)=NO)cc3)CC2)c1. The summed E-state index contributed by atoms with van der Waals surface area (Å²) in [5.41, 5.74) is 5.01. The van der Waals surface area contributed by atoms with Gasteiger partial charge in [-0.1, -0.05) is 41.6 Å². The van der Waals surface area contributed by atoms with Crippen molar-refractivity contribution in [1.29, 1.82) is 0 Å². The van der Waals surface area contributed by atoms with E-state index in [0.717, 1.165) is 44.7 Å². The summed E-state index contributed by atoms with van der Waals surface area (Å²) in [4.78, 5) is 15.7. The zero-order valence-electron chi connectivity index (χ0n) is 16.9. The molecule has 2 N–H and O–H groups in total. The third-order valence-corrected chi connectivity index (χ3v) is 5.44. The molecule has 2 aromatic rings. The quantitative estimate of drug-likeness (QED) is 0.407. The Bertz CT molecular complexity index is 841. The van der Waals surface area contributed by atoms with E-state index in [1.807, 2.05) is 24.3 Å². The molecule has 3 rings (SSSR count). The van der Waals surface area contributed by atoms with Crippen LogP contribution in [0.5, 0.6) is 0 Å². The van der Waals surface area contributed by atoms with Crippen molar-refractivity contribution < 1.29 is 15.1 Å². The molecule has 1 saturated heterocycles. The monoisotopic (exact) mass is 395 g/mol. The van der Waals surface area contributed by atoms with E-state index in [2.05, 4.69) is 46.1 Å². The highest BCUT2D eigenvalue weighted by Crippen LogP contribution is 2.18. The Morgan fingerprint density at radius 1 is 1.03 bits per heavy atom. The van der Waals surface area contributed by atoms with Crippen molar-refractivity contribution in [3.63, 3.8) is 0 Å². The number of carboxylic acid groups (broad SMARTS) is 1. The second kappa shape index (κ2) is 10.1. The largest absolute Gasteiger partial charge is 0.481 e. The number of rotatable bonds is 8.